The molecule has 3 amide bonds. The fraction of sp³-hybridized carbons (Fsp3) is 0.483. The van der Waals surface area contributed by atoms with Crippen molar-refractivity contribution in [3.8, 4) is 5.75 Å². The summed E-state index contributed by atoms with van der Waals surface area (Å²) in [7, 11) is 1.57. The molecule has 37 heavy (non-hydrogen) atoms. The van der Waals surface area contributed by atoms with E-state index in [1.165, 1.54) is 0 Å². The number of ether oxygens (including phenoxy) is 2. The Hall–Kier alpha value is -3.55. The van der Waals surface area contributed by atoms with Crippen LogP contribution in [0.1, 0.15) is 72.1 Å². The van der Waals surface area contributed by atoms with E-state index < -0.39 is 35.2 Å². The number of nitrogens with zero attached hydrogens (tertiary/aromatic N) is 1. The van der Waals surface area contributed by atoms with Crippen LogP contribution in [0.4, 0.5) is 10.5 Å². The number of alkyl carbamates (subject to hydrolysis) is 1. The summed E-state index contributed by atoms with van der Waals surface area (Å²) in [5.74, 6) is -0.0941. The molecule has 2 N–H and O–H groups in total. The summed E-state index contributed by atoms with van der Waals surface area (Å²) < 4.78 is 10.6. The zero-order valence-electron chi connectivity index (χ0n) is 23.5. The highest BCUT2D eigenvalue weighted by molar-refractivity contribution is 5.99. The van der Waals surface area contributed by atoms with Gasteiger partial charge >= 0.3 is 6.09 Å². The number of amides is 3. The third kappa shape index (κ3) is 8.23. The number of aryl methyl sites for hydroxylation is 1. The Labute approximate surface area is 220 Å². The van der Waals surface area contributed by atoms with Crippen molar-refractivity contribution >= 4 is 23.6 Å². The molecule has 2 aromatic carbocycles. The monoisotopic (exact) mass is 511 g/mol. The van der Waals surface area contributed by atoms with Gasteiger partial charge < -0.3 is 25.0 Å². The predicted molar refractivity (Wildman–Crippen MR) is 146 cm³/mol. The number of rotatable bonds is 9. The maximum Gasteiger partial charge on any atom is 0.408 e. The molecule has 202 valence electrons. The van der Waals surface area contributed by atoms with Gasteiger partial charge in [0.05, 0.1) is 7.11 Å². The first-order valence-electron chi connectivity index (χ1n) is 12.5. The fourth-order valence-corrected chi connectivity index (χ4v) is 3.84. The molecule has 0 aliphatic carbocycles. The number of carbonyl (C=O) groups excluding carboxylic acids is 3. The van der Waals surface area contributed by atoms with Crippen LogP contribution in [0.15, 0.2) is 48.5 Å². The minimum absolute atomic E-state index is 0.366. The van der Waals surface area contributed by atoms with Crippen molar-refractivity contribution in [2.24, 2.45) is 0 Å². The molecule has 0 bridgehead atoms. The van der Waals surface area contributed by atoms with Crippen LogP contribution < -0.4 is 15.4 Å². The molecule has 0 fully saturated rings. The van der Waals surface area contributed by atoms with E-state index in [0.29, 0.717) is 23.4 Å². The standard InChI is InChI=1S/C29H41N3O5/c1-10-29(7,8)32(26(34)20(3)30-27(35)37-28(4,5)6)24(21-13-11-12-19(2)18-21)25(33)31-22-14-16-23(36-9)17-15-22/h11-18,20,24H,10H2,1-9H3,(H,30,35)(H,31,33). The Kier molecular flexibility index (Phi) is 9.73. The Morgan fingerprint density at radius 3 is 2.14 bits per heavy atom. The zero-order chi connectivity index (χ0) is 28.0. The number of anilines is 1. The van der Waals surface area contributed by atoms with Crippen LogP contribution >= 0.6 is 0 Å². The van der Waals surface area contributed by atoms with Gasteiger partial charge in [0, 0.05) is 11.2 Å². The molecule has 0 saturated carbocycles. The zero-order valence-corrected chi connectivity index (χ0v) is 23.5. The lowest BCUT2D eigenvalue weighted by molar-refractivity contribution is -0.147. The van der Waals surface area contributed by atoms with E-state index in [2.05, 4.69) is 10.6 Å². The lowest BCUT2D eigenvalue weighted by atomic mass is 9.91. The molecule has 2 atom stereocenters. The van der Waals surface area contributed by atoms with E-state index in [9.17, 15) is 14.4 Å². The molecule has 0 radical (unpaired) electrons. The van der Waals surface area contributed by atoms with Gasteiger partial charge in [-0.3, -0.25) is 9.59 Å². The normalized spacial score (nSPS) is 13.2. The molecule has 8 heteroatoms. The summed E-state index contributed by atoms with van der Waals surface area (Å²) in [6, 6.07) is 12.6. The number of benzene rings is 2. The van der Waals surface area contributed by atoms with Gasteiger partial charge in [-0.25, -0.2) is 4.79 Å². The van der Waals surface area contributed by atoms with Crippen LogP contribution in [0.5, 0.6) is 5.75 Å². The number of methoxy groups -OCH3 is 1. The lowest BCUT2D eigenvalue weighted by Crippen LogP contribution is -2.58. The van der Waals surface area contributed by atoms with Crippen LogP contribution in [0.3, 0.4) is 0 Å². The topological polar surface area (TPSA) is 97.0 Å². The van der Waals surface area contributed by atoms with E-state index in [4.69, 9.17) is 9.47 Å². The number of hydrogen-bond donors (Lipinski definition) is 2. The maximum absolute atomic E-state index is 13.9. The highest BCUT2D eigenvalue weighted by Gasteiger charge is 2.42. The van der Waals surface area contributed by atoms with Gasteiger partial charge in [0.25, 0.3) is 5.91 Å². The van der Waals surface area contributed by atoms with Gasteiger partial charge in [-0.05, 0) is 84.7 Å². The van der Waals surface area contributed by atoms with Crippen molar-refractivity contribution in [3.05, 3.63) is 59.7 Å². The van der Waals surface area contributed by atoms with Gasteiger partial charge in [0.2, 0.25) is 5.91 Å². The molecule has 2 aromatic rings. The van der Waals surface area contributed by atoms with E-state index in [1.54, 1.807) is 64.0 Å². The van der Waals surface area contributed by atoms with Crippen molar-refractivity contribution in [3.63, 3.8) is 0 Å². The quantitative estimate of drug-likeness (QED) is 0.456. The van der Waals surface area contributed by atoms with Crippen molar-refractivity contribution in [2.75, 3.05) is 12.4 Å². The first-order chi connectivity index (χ1) is 17.2. The van der Waals surface area contributed by atoms with Gasteiger partial charge in [-0.15, -0.1) is 0 Å². The van der Waals surface area contributed by atoms with E-state index in [1.807, 2.05) is 52.0 Å². The van der Waals surface area contributed by atoms with E-state index in [-0.39, 0.29) is 5.91 Å². The van der Waals surface area contributed by atoms with Crippen LogP contribution in [-0.4, -0.2) is 47.1 Å². The summed E-state index contributed by atoms with van der Waals surface area (Å²) in [4.78, 5) is 41.8. The molecule has 0 spiro atoms. The van der Waals surface area contributed by atoms with E-state index >= 15 is 0 Å². The third-order valence-electron chi connectivity index (χ3n) is 6.08. The Bertz CT molecular complexity index is 1090. The first kappa shape index (κ1) is 29.7. The van der Waals surface area contributed by atoms with Crippen molar-refractivity contribution in [2.45, 2.75) is 85.0 Å². The van der Waals surface area contributed by atoms with Crippen molar-refractivity contribution in [1.82, 2.24) is 10.2 Å². The molecule has 8 nitrogen and oxygen atoms in total. The van der Waals surface area contributed by atoms with Crippen LogP contribution in [0.25, 0.3) is 0 Å². The minimum atomic E-state index is -0.952. The molecule has 0 heterocycles. The fourth-order valence-electron chi connectivity index (χ4n) is 3.84. The second-order valence-electron chi connectivity index (χ2n) is 10.8. The van der Waals surface area contributed by atoms with Gasteiger partial charge in [0.1, 0.15) is 23.4 Å². The predicted octanol–water partition coefficient (Wildman–Crippen LogP) is 5.61. The smallest absolute Gasteiger partial charge is 0.408 e. The third-order valence-corrected chi connectivity index (χ3v) is 6.08. The average Bonchev–Trinajstić information content (AvgIpc) is 2.80. The minimum Gasteiger partial charge on any atom is -0.497 e. The highest BCUT2D eigenvalue weighted by atomic mass is 16.6. The first-order valence-corrected chi connectivity index (χ1v) is 12.5. The molecule has 2 rings (SSSR count). The average molecular weight is 512 g/mol. The van der Waals surface area contributed by atoms with Crippen LogP contribution in [0, 0.1) is 6.92 Å². The Morgan fingerprint density at radius 1 is 1.00 bits per heavy atom. The Morgan fingerprint density at radius 2 is 1.62 bits per heavy atom. The van der Waals surface area contributed by atoms with Crippen LogP contribution in [0.2, 0.25) is 0 Å². The number of nitrogens with one attached hydrogen (secondary N) is 2. The van der Waals surface area contributed by atoms with Gasteiger partial charge in [-0.2, -0.15) is 0 Å². The molecular weight excluding hydrogens is 470 g/mol. The number of hydrogen-bond acceptors (Lipinski definition) is 5. The molecular formula is C29H41N3O5. The second-order valence-corrected chi connectivity index (χ2v) is 10.8. The summed E-state index contributed by atoms with van der Waals surface area (Å²) in [6.45, 7) is 14.6. The molecule has 0 aromatic heterocycles. The Balaban J connectivity index is 2.51. The van der Waals surface area contributed by atoms with Gasteiger partial charge in [-0.1, -0.05) is 36.8 Å². The lowest BCUT2D eigenvalue weighted by Gasteiger charge is -2.44. The SMILES string of the molecule is CCC(C)(C)N(C(=O)C(C)NC(=O)OC(C)(C)C)C(C(=O)Nc1ccc(OC)cc1)c1cccc(C)c1. The molecule has 0 aliphatic heterocycles. The summed E-state index contributed by atoms with van der Waals surface area (Å²) >= 11 is 0. The highest BCUT2D eigenvalue weighted by Crippen LogP contribution is 2.33. The van der Waals surface area contributed by atoms with E-state index in [0.717, 1.165) is 5.56 Å². The largest absolute Gasteiger partial charge is 0.497 e. The summed E-state index contributed by atoms with van der Waals surface area (Å²) in [6.07, 6.45) is -0.117. The molecule has 2 unspecified atom stereocenters. The van der Waals surface area contributed by atoms with Gasteiger partial charge in [0.15, 0.2) is 0 Å². The maximum atomic E-state index is 13.9. The van der Waals surface area contributed by atoms with Crippen LogP contribution in [-0.2, 0) is 14.3 Å². The van der Waals surface area contributed by atoms with Crippen molar-refractivity contribution < 1.29 is 23.9 Å². The molecule has 0 saturated heterocycles. The van der Waals surface area contributed by atoms with Crippen molar-refractivity contribution in [1.29, 1.82) is 0 Å². The summed E-state index contributed by atoms with van der Waals surface area (Å²) in [5, 5.41) is 5.59. The number of carbonyl (C=O) groups is 3. The summed E-state index contributed by atoms with van der Waals surface area (Å²) in [5.41, 5.74) is 0.779. The molecule has 0 aliphatic rings. The second kappa shape index (κ2) is 12.1.